The van der Waals surface area contributed by atoms with Crippen molar-refractivity contribution < 1.29 is 23.6 Å². The summed E-state index contributed by atoms with van der Waals surface area (Å²) in [5.41, 5.74) is 4.06. The average Bonchev–Trinajstić information content (AvgIpc) is 2.68. The van der Waals surface area contributed by atoms with Crippen LogP contribution in [0, 0.1) is 6.92 Å². The van der Waals surface area contributed by atoms with Gasteiger partial charge in [0, 0.05) is 11.9 Å². The number of ether oxygens (including phenoxy) is 1. The first-order valence-electron chi connectivity index (χ1n) is 5.15. The third-order valence-corrected chi connectivity index (χ3v) is 2.83. The van der Waals surface area contributed by atoms with Gasteiger partial charge in [-0.15, -0.1) is 12.1 Å². The Balaban J connectivity index is 0.00000108. The van der Waals surface area contributed by atoms with Gasteiger partial charge in [0.05, 0.1) is 18.3 Å². The van der Waals surface area contributed by atoms with Crippen molar-refractivity contribution in [2.24, 2.45) is 0 Å². The van der Waals surface area contributed by atoms with Gasteiger partial charge in [0.2, 0.25) is 0 Å². The monoisotopic (exact) mass is 218 g/mol. The molecule has 0 aromatic carbocycles. The molecule has 4 heteroatoms. The normalized spacial score (nSPS) is 10.5. The second-order valence-electron chi connectivity index (χ2n) is 3.79. The van der Waals surface area contributed by atoms with Crippen LogP contribution in [-0.4, -0.2) is 17.1 Å². The van der Waals surface area contributed by atoms with Crippen molar-refractivity contribution in [1.82, 2.24) is 9.97 Å². The smallest absolute Gasteiger partial charge is 0.522 e. The van der Waals surface area contributed by atoms with Gasteiger partial charge in [0.1, 0.15) is 0 Å². The van der Waals surface area contributed by atoms with Gasteiger partial charge in [-0.1, -0.05) is 5.56 Å². The van der Waals surface area contributed by atoms with Gasteiger partial charge < -0.3 is 4.74 Å². The van der Waals surface area contributed by atoms with E-state index in [4.69, 9.17) is 4.74 Å². The van der Waals surface area contributed by atoms with E-state index in [0.29, 0.717) is 0 Å². The molecule has 0 amide bonds. The number of methoxy groups -OCH3 is 1. The number of fused-ring (bicyclic) bond motifs is 3. The van der Waals surface area contributed by atoms with Gasteiger partial charge >= 0.3 is 18.9 Å². The predicted octanol–water partition coefficient (Wildman–Crippen LogP) is -0.225. The maximum atomic E-state index is 5.19. The molecule has 3 rings (SSSR count). The Kier molecular flexibility index (Phi) is 3.15. The van der Waals surface area contributed by atoms with E-state index in [-0.39, 0.29) is 18.9 Å². The van der Waals surface area contributed by atoms with E-state index < -0.39 is 0 Å². The van der Waals surface area contributed by atoms with E-state index in [1.807, 2.05) is 37.4 Å². The number of aromatic nitrogens is 2. The van der Waals surface area contributed by atoms with Gasteiger partial charge in [-0.3, -0.25) is 9.97 Å². The van der Waals surface area contributed by atoms with Crippen LogP contribution in [-0.2, 0) is 0 Å². The molecule has 1 aliphatic heterocycles. The molecule has 0 radical (unpaired) electrons. The number of nitrogens with zero attached hydrogens (tertiary/aromatic N) is 2. The number of pyridine rings is 1. The van der Waals surface area contributed by atoms with Gasteiger partial charge in [-0.2, -0.15) is 6.07 Å². The second kappa shape index (κ2) is 4.44. The molecule has 0 bridgehead atoms. The van der Waals surface area contributed by atoms with Crippen molar-refractivity contribution in [3.05, 3.63) is 36.2 Å². The SMILES string of the molecule is COc1ccc2c3ccnc(C)c3nc-2[cH-]1.[Li+]. The van der Waals surface area contributed by atoms with E-state index >= 15 is 0 Å². The van der Waals surface area contributed by atoms with Crippen LogP contribution >= 0.6 is 0 Å². The summed E-state index contributed by atoms with van der Waals surface area (Å²) in [6.45, 7) is 1.98. The Labute approximate surface area is 112 Å². The van der Waals surface area contributed by atoms with Crippen molar-refractivity contribution in [2.75, 3.05) is 7.11 Å². The molecule has 0 saturated carbocycles. The van der Waals surface area contributed by atoms with E-state index in [0.717, 1.165) is 33.6 Å². The number of hydrogen-bond donors (Lipinski definition) is 0. The van der Waals surface area contributed by atoms with Crippen LogP contribution in [0.5, 0.6) is 5.75 Å². The summed E-state index contributed by atoms with van der Waals surface area (Å²) < 4.78 is 5.19. The molecular weight excluding hydrogens is 207 g/mol. The van der Waals surface area contributed by atoms with Crippen molar-refractivity contribution in [1.29, 1.82) is 0 Å². The molecule has 0 atom stereocenters. The van der Waals surface area contributed by atoms with Crippen LogP contribution in [0.15, 0.2) is 30.5 Å². The third-order valence-electron chi connectivity index (χ3n) is 2.83. The molecule has 0 saturated heterocycles. The molecule has 1 aromatic heterocycles. The molecule has 0 N–H and O–H groups in total. The minimum absolute atomic E-state index is 0. The van der Waals surface area contributed by atoms with Crippen LogP contribution in [0.2, 0.25) is 0 Å². The second-order valence-corrected chi connectivity index (χ2v) is 3.79. The fraction of sp³-hybridized carbons (Fsp3) is 0.154. The Morgan fingerprint density at radius 1 is 1.24 bits per heavy atom. The minimum Gasteiger partial charge on any atom is -0.522 e. The van der Waals surface area contributed by atoms with Gasteiger partial charge in [0.15, 0.2) is 0 Å². The van der Waals surface area contributed by atoms with Crippen molar-refractivity contribution >= 4 is 10.9 Å². The topological polar surface area (TPSA) is 35.0 Å². The zero-order valence-electron chi connectivity index (χ0n) is 10.2. The summed E-state index contributed by atoms with van der Waals surface area (Å²) in [5, 5.41) is 1.16. The number of rotatable bonds is 1. The van der Waals surface area contributed by atoms with Gasteiger partial charge in [-0.05, 0) is 24.1 Å². The minimum atomic E-state index is 0. The van der Waals surface area contributed by atoms with Crippen LogP contribution in [0.4, 0.5) is 0 Å². The molecule has 2 heterocycles. The largest absolute Gasteiger partial charge is 1.00 e. The Hall–Kier alpha value is -1.43. The van der Waals surface area contributed by atoms with Gasteiger partial charge in [-0.25, -0.2) is 0 Å². The van der Waals surface area contributed by atoms with E-state index in [2.05, 4.69) is 9.97 Å². The Morgan fingerprint density at radius 3 is 2.82 bits per heavy atom. The molecule has 80 valence electrons. The molecule has 0 unspecified atom stereocenters. The molecule has 1 aliphatic carbocycles. The van der Waals surface area contributed by atoms with Crippen LogP contribution in [0.1, 0.15) is 5.69 Å². The third kappa shape index (κ3) is 1.82. The first-order valence-corrected chi connectivity index (χ1v) is 5.15. The first kappa shape index (κ1) is 12.0. The van der Waals surface area contributed by atoms with Gasteiger partial charge in [0.25, 0.3) is 0 Å². The number of hydrogen-bond acceptors (Lipinski definition) is 3. The van der Waals surface area contributed by atoms with E-state index in [9.17, 15) is 0 Å². The molecule has 17 heavy (non-hydrogen) atoms. The molecular formula is C13H11LiN2O. The number of aryl methyl sites for hydroxylation is 1. The summed E-state index contributed by atoms with van der Waals surface area (Å²) in [7, 11) is 1.66. The quantitative estimate of drug-likeness (QED) is 0.418. The van der Waals surface area contributed by atoms with Crippen LogP contribution in [0.25, 0.3) is 22.2 Å². The summed E-state index contributed by atoms with van der Waals surface area (Å²) in [4.78, 5) is 8.83. The summed E-state index contributed by atoms with van der Waals surface area (Å²) in [5.74, 6) is 0.834. The van der Waals surface area contributed by atoms with Crippen molar-refractivity contribution in [3.63, 3.8) is 0 Å². The number of benzene rings is 1. The summed E-state index contributed by atoms with van der Waals surface area (Å²) >= 11 is 0. The summed E-state index contributed by atoms with van der Waals surface area (Å²) in [6, 6.07) is 7.96. The molecule has 0 fully saturated rings. The zero-order valence-corrected chi connectivity index (χ0v) is 10.2. The van der Waals surface area contributed by atoms with Crippen molar-refractivity contribution in [3.8, 4) is 17.0 Å². The van der Waals surface area contributed by atoms with Crippen molar-refractivity contribution in [2.45, 2.75) is 6.92 Å². The molecule has 2 aliphatic rings. The fourth-order valence-electron chi connectivity index (χ4n) is 2.00. The van der Waals surface area contributed by atoms with Crippen LogP contribution < -0.4 is 23.6 Å². The Bertz CT molecular complexity index is 633. The maximum Gasteiger partial charge on any atom is 1.00 e. The average molecular weight is 218 g/mol. The first-order chi connectivity index (χ1) is 7.79. The predicted molar refractivity (Wildman–Crippen MR) is 63.0 cm³/mol. The molecule has 1 aromatic rings. The Morgan fingerprint density at radius 2 is 2.06 bits per heavy atom. The van der Waals surface area contributed by atoms with E-state index in [1.165, 1.54) is 0 Å². The van der Waals surface area contributed by atoms with Crippen LogP contribution in [0.3, 0.4) is 0 Å². The fourth-order valence-corrected chi connectivity index (χ4v) is 2.00. The standard InChI is InChI=1S/C13H11N2O.Li/c1-8-13-11(5-6-14-8)10-4-3-9(16-2)7-12(10)15-13;/h3-7H,1-2H3;/q-1;+1. The zero-order chi connectivity index (χ0) is 11.1. The van der Waals surface area contributed by atoms with E-state index in [1.54, 1.807) is 7.11 Å². The molecule has 0 spiro atoms. The molecule has 3 nitrogen and oxygen atoms in total. The maximum absolute atomic E-state index is 5.19. The summed E-state index contributed by atoms with van der Waals surface area (Å²) in [6.07, 6.45) is 1.82.